The van der Waals surface area contributed by atoms with Crippen LogP contribution in [0.5, 0.6) is 0 Å². The third-order valence-corrected chi connectivity index (χ3v) is 3.98. The molecule has 0 aliphatic rings. The van der Waals surface area contributed by atoms with Crippen molar-refractivity contribution in [1.82, 2.24) is 0 Å². The van der Waals surface area contributed by atoms with Gasteiger partial charge >= 0.3 is 8.25 Å². The van der Waals surface area contributed by atoms with E-state index in [1.807, 2.05) is 60.7 Å². The Balaban J connectivity index is 1.93. The van der Waals surface area contributed by atoms with E-state index in [0.29, 0.717) is 0 Å². The van der Waals surface area contributed by atoms with Crippen LogP contribution in [0.15, 0.2) is 84.9 Å². The first-order chi connectivity index (χ1) is 11.7. The van der Waals surface area contributed by atoms with Crippen molar-refractivity contribution in [1.29, 1.82) is 0 Å². The van der Waals surface area contributed by atoms with E-state index in [1.54, 1.807) is 0 Å². The Morgan fingerprint density at radius 1 is 0.750 bits per heavy atom. The molecule has 0 spiro atoms. The molecule has 0 radical (unpaired) electrons. The molecule has 0 aliphatic heterocycles. The zero-order chi connectivity index (χ0) is 16.8. The van der Waals surface area contributed by atoms with Gasteiger partial charge in [-0.2, -0.15) is 0 Å². The van der Waals surface area contributed by atoms with Gasteiger partial charge in [-0.15, -0.1) is 0 Å². The van der Waals surface area contributed by atoms with E-state index in [-0.39, 0.29) is 6.61 Å². The van der Waals surface area contributed by atoms with Crippen molar-refractivity contribution in [2.45, 2.75) is 6.61 Å². The fourth-order valence-corrected chi connectivity index (χ4v) is 2.78. The average Bonchev–Trinajstić information content (AvgIpc) is 2.63. The summed E-state index contributed by atoms with van der Waals surface area (Å²) in [5, 5.41) is 0. The van der Waals surface area contributed by atoms with Gasteiger partial charge in [-0.25, -0.2) is 0 Å². The number of hydrogen-bond donors (Lipinski definition) is 1. The zero-order valence-electron chi connectivity index (χ0n) is 13.0. The topological polar surface area (TPSA) is 49.8 Å². The van der Waals surface area contributed by atoms with Crippen LogP contribution in [-0.4, -0.2) is 4.89 Å². The van der Waals surface area contributed by atoms with Crippen LogP contribution in [0.3, 0.4) is 0 Å². The second kappa shape index (κ2) is 7.93. The smallest absolute Gasteiger partial charge is 0.316 e. The van der Waals surface area contributed by atoms with E-state index in [1.165, 1.54) is 0 Å². The van der Waals surface area contributed by atoms with E-state index in [2.05, 4.69) is 29.2 Å². The minimum Gasteiger partial charge on any atom is -0.326 e. The fourth-order valence-electron chi connectivity index (χ4n) is 2.49. The lowest BCUT2D eigenvalue weighted by Gasteiger charge is -2.25. The standard InChI is InChI=1S/C19H18NO3P/c21-24(22)23-15-16-11-13-19(14-12-16)20(17-7-3-1-4-8-17)18-9-5-2-6-10-18/h1-14,24H,15H2,(H,21,22). The number of nitrogens with zero attached hydrogens (tertiary/aromatic N) is 1. The first kappa shape index (κ1) is 16.5. The summed E-state index contributed by atoms with van der Waals surface area (Å²) in [5.74, 6) is 0. The summed E-state index contributed by atoms with van der Waals surface area (Å²) in [6, 6.07) is 28.0. The van der Waals surface area contributed by atoms with Crippen molar-refractivity contribution in [3.05, 3.63) is 90.5 Å². The minimum atomic E-state index is -2.90. The molecule has 0 saturated carbocycles. The van der Waals surface area contributed by atoms with Crippen molar-refractivity contribution in [3.63, 3.8) is 0 Å². The van der Waals surface area contributed by atoms with Crippen molar-refractivity contribution < 1.29 is 14.0 Å². The molecule has 3 rings (SSSR count). The van der Waals surface area contributed by atoms with Gasteiger partial charge in [0.15, 0.2) is 0 Å². The van der Waals surface area contributed by atoms with Gasteiger partial charge in [-0.3, -0.25) is 4.57 Å². The van der Waals surface area contributed by atoms with E-state index in [0.717, 1.165) is 22.6 Å². The maximum absolute atomic E-state index is 10.7. The molecular weight excluding hydrogens is 321 g/mol. The molecule has 0 bridgehead atoms. The Morgan fingerprint density at radius 3 is 1.67 bits per heavy atom. The summed E-state index contributed by atoms with van der Waals surface area (Å²) in [4.78, 5) is 10.9. The van der Waals surface area contributed by atoms with Crippen molar-refractivity contribution in [2.24, 2.45) is 0 Å². The summed E-state index contributed by atoms with van der Waals surface area (Å²) in [6.07, 6.45) is 0. The molecule has 122 valence electrons. The molecule has 0 aromatic heterocycles. The molecule has 0 aliphatic carbocycles. The second-order valence-corrected chi connectivity index (χ2v) is 6.05. The van der Waals surface area contributed by atoms with Crippen LogP contribution >= 0.6 is 8.25 Å². The van der Waals surface area contributed by atoms with Crippen molar-refractivity contribution >= 4 is 25.3 Å². The lowest BCUT2D eigenvalue weighted by Crippen LogP contribution is -2.09. The zero-order valence-corrected chi connectivity index (χ0v) is 14.0. The van der Waals surface area contributed by atoms with Gasteiger partial charge in [0.05, 0.1) is 6.61 Å². The highest BCUT2D eigenvalue weighted by molar-refractivity contribution is 7.32. The van der Waals surface area contributed by atoms with Crippen LogP contribution in [0.25, 0.3) is 0 Å². The van der Waals surface area contributed by atoms with E-state index in [4.69, 9.17) is 9.42 Å². The number of para-hydroxylation sites is 2. The molecule has 3 aromatic rings. The molecule has 24 heavy (non-hydrogen) atoms. The van der Waals surface area contributed by atoms with Crippen LogP contribution in [0, 0.1) is 0 Å². The quantitative estimate of drug-likeness (QED) is 0.638. The predicted octanol–water partition coefficient (Wildman–Crippen LogP) is 5.06. The summed E-state index contributed by atoms with van der Waals surface area (Å²) < 4.78 is 15.5. The first-order valence-electron chi connectivity index (χ1n) is 7.59. The average molecular weight is 339 g/mol. The lowest BCUT2D eigenvalue weighted by atomic mass is 10.1. The van der Waals surface area contributed by atoms with Gasteiger partial charge in [0.1, 0.15) is 0 Å². The highest BCUT2D eigenvalue weighted by Crippen LogP contribution is 2.34. The lowest BCUT2D eigenvalue weighted by molar-refractivity contribution is 0.272. The first-order valence-corrected chi connectivity index (χ1v) is 8.85. The fraction of sp³-hybridized carbons (Fsp3) is 0.0526. The van der Waals surface area contributed by atoms with Gasteiger partial charge in [-0.05, 0) is 42.0 Å². The van der Waals surface area contributed by atoms with Gasteiger partial charge in [0, 0.05) is 17.1 Å². The summed E-state index contributed by atoms with van der Waals surface area (Å²) in [6.45, 7) is 0.130. The summed E-state index contributed by atoms with van der Waals surface area (Å²) in [7, 11) is -2.90. The monoisotopic (exact) mass is 339 g/mol. The van der Waals surface area contributed by atoms with Crippen molar-refractivity contribution in [2.75, 3.05) is 4.90 Å². The molecule has 0 heterocycles. The van der Waals surface area contributed by atoms with Gasteiger partial charge in [0.25, 0.3) is 0 Å². The Bertz CT molecular complexity index is 752. The van der Waals surface area contributed by atoms with Crippen LogP contribution in [-0.2, 0) is 15.7 Å². The normalized spacial score (nSPS) is 11.9. The Kier molecular flexibility index (Phi) is 5.44. The van der Waals surface area contributed by atoms with Gasteiger partial charge < -0.3 is 14.3 Å². The summed E-state index contributed by atoms with van der Waals surface area (Å²) >= 11 is 0. The Labute approximate surface area is 141 Å². The van der Waals surface area contributed by atoms with Gasteiger partial charge in [-0.1, -0.05) is 48.5 Å². The highest BCUT2D eigenvalue weighted by Gasteiger charge is 2.11. The van der Waals surface area contributed by atoms with E-state index >= 15 is 0 Å². The van der Waals surface area contributed by atoms with Crippen molar-refractivity contribution in [3.8, 4) is 0 Å². The highest BCUT2D eigenvalue weighted by atomic mass is 31.1. The van der Waals surface area contributed by atoms with Gasteiger partial charge in [0.2, 0.25) is 0 Å². The number of benzene rings is 3. The summed E-state index contributed by atoms with van der Waals surface area (Å²) in [5.41, 5.74) is 3.99. The molecule has 3 aromatic carbocycles. The number of hydrogen-bond acceptors (Lipinski definition) is 3. The molecule has 0 amide bonds. The third-order valence-electron chi connectivity index (χ3n) is 3.59. The Morgan fingerprint density at radius 2 is 1.21 bits per heavy atom. The Hall–Kier alpha value is -2.39. The molecule has 5 heteroatoms. The maximum atomic E-state index is 10.7. The van der Waals surface area contributed by atoms with E-state index < -0.39 is 8.25 Å². The molecule has 0 fully saturated rings. The minimum absolute atomic E-state index is 0.130. The second-order valence-electron chi connectivity index (χ2n) is 5.23. The molecule has 4 nitrogen and oxygen atoms in total. The molecule has 1 N–H and O–H groups in total. The molecule has 0 saturated heterocycles. The molecule has 1 unspecified atom stereocenters. The van der Waals surface area contributed by atoms with Crippen LogP contribution in [0.1, 0.15) is 5.56 Å². The van der Waals surface area contributed by atoms with E-state index in [9.17, 15) is 4.57 Å². The molecular formula is C19H18NO3P. The van der Waals surface area contributed by atoms with Crippen LogP contribution in [0.4, 0.5) is 17.1 Å². The number of rotatable bonds is 6. The SMILES string of the molecule is O=[PH](O)OCc1ccc(N(c2ccccc2)c2ccccc2)cc1. The predicted molar refractivity (Wildman–Crippen MR) is 97.1 cm³/mol. The van der Waals surface area contributed by atoms with Crippen LogP contribution < -0.4 is 4.90 Å². The number of anilines is 3. The molecule has 1 atom stereocenters. The largest absolute Gasteiger partial charge is 0.326 e. The maximum Gasteiger partial charge on any atom is 0.316 e. The van der Waals surface area contributed by atoms with Crippen LogP contribution in [0.2, 0.25) is 0 Å². The third kappa shape index (κ3) is 4.12.